The molecule has 3 rings (SSSR count). The average molecular weight is 258 g/mol. The maximum atomic E-state index is 11.8. The van der Waals surface area contributed by atoms with Gasteiger partial charge >= 0.3 is 0 Å². The summed E-state index contributed by atoms with van der Waals surface area (Å²) in [6.45, 7) is 6.26. The predicted molar refractivity (Wildman–Crippen MR) is 76.8 cm³/mol. The van der Waals surface area contributed by atoms with Gasteiger partial charge in [0.1, 0.15) is 0 Å². The number of anilines is 1. The summed E-state index contributed by atoms with van der Waals surface area (Å²) in [4.78, 5) is 14.3. The zero-order chi connectivity index (χ0) is 13.4. The molecule has 1 aliphatic heterocycles. The van der Waals surface area contributed by atoms with E-state index in [-0.39, 0.29) is 5.91 Å². The van der Waals surface area contributed by atoms with Gasteiger partial charge in [0.25, 0.3) is 0 Å². The monoisotopic (exact) mass is 258 g/mol. The fourth-order valence-electron chi connectivity index (χ4n) is 2.78. The van der Waals surface area contributed by atoms with Crippen LogP contribution in [-0.2, 0) is 17.9 Å². The summed E-state index contributed by atoms with van der Waals surface area (Å²) in [6, 6.07) is 7.16. The largest absolute Gasteiger partial charge is 0.326 e. The molecule has 0 saturated heterocycles. The Morgan fingerprint density at radius 1 is 1.32 bits per heavy atom. The van der Waals surface area contributed by atoms with Crippen molar-refractivity contribution in [1.82, 2.24) is 4.90 Å². The maximum Gasteiger partial charge on any atom is 0.224 e. The fourth-order valence-corrected chi connectivity index (χ4v) is 2.78. The van der Waals surface area contributed by atoms with Crippen molar-refractivity contribution >= 4 is 11.6 Å². The minimum absolute atomic E-state index is 0.118. The summed E-state index contributed by atoms with van der Waals surface area (Å²) >= 11 is 0. The first-order valence-electron chi connectivity index (χ1n) is 7.27. The molecule has 1 heterocycles. The molecule has 1 aromatic carbocycles. The van der Waals surface area contributed by atoms with Crippen LogP contribution < -0.4 is 5.32 Å². The second-order valence-corrected chi connectivity index (χ2v) is 6.27. The maximum absolute atomic E-state index is 11.8. The lowest BCUT2D eigenvalue weighted by molar-refractivity contribution is -0.116. The van der Waals surface area contributed by atoms with Gasteiger partial charge in [-0.2, -0.15) is 0 Å². The summed E-state index contributed by atoms with van der Waals surface area (Å²) in [7, 11) is 0. The minimum atomic E-state index is 0.118. The van der Waals surface area contributed by atoms with Gasteiger partial charge in [-0.25, -0.2) is 0 Å². The van der Waals surface area contributed by atoms with Gasteiger partial charge in [-0.05, 0) is 42.0 Å². The third kappa shape index (κ3) is 2.98. The second kappa shape index (κ2) is 4.97. The first-order valence-corrected chi connectivity index (χ1v) is 7.27. The number of nitrogens with one attached hydrogen (secondary N) is 1. The molecule has 0 unspecified atom stereocenters. The number of carbonyl (C=O) groups excluding carboxylic acids is 1. The Kier molecular flexibility index (Phi) is 3.31. The number of rotatable bonds is 4. The van der Waals surface area contributed by atoms with Crippen LogP contribution in [0.4, 0.5) is 5.69 Å². The molecule has 1 aliphatic carbocycles. The van der Waals surface area contributed by atoms with E-state index < -0.39 is 0 Å². The van der Waals surface area contributed by atoms with E-state index in [4.69, 9.17) is 0 Å². The van der Waals surface area contributed by atoms with Crippen molar-refractivity contribution in [3.05, 3.63) is 29.3 Å². The lowest BCUT2D eigenvalue weighted by atomic mass is 10.1. The quantitative estimate of drug-likeness (QED) is 0.899. The van der Waals surface area contributed by atoms with Crippen LogP contribution >= 0.6 is 0 Å². The summed E-state index contributed by atoms with van der Waals surface area (Å²) < 4.78 is 0. The number of amides is 1. The van der Waals surface area contributed by atoms with E-state index in [0.717, 1.165) is 24.8 Å². The van der Waals surface area contributed by atoms with Crippen LogP contribution in [0.3, 0.4) is 0 Å². The van der Waals surface area contributed by atoms with Crippen molar-refractivity contribution < 1.29 is 4.79 Å². The van der Waals surface area contributed by atoms with Gasteiger partial charge in [0.05, 0.1) is 0 Å². The molecule has 0 atom stereocenters. The molecule has 0 radical (unpaired) electrons. The van der Waals surface area contributed by atoms with Crippen LogP contribution in [0.1, 0.15) is 44.2 Å². The van der Waals surface area contributed by atoms with Crippen LogP contribution in [0.5, 0.6) is 0 Å². The molecule has 3 heteroatoms. The van der Waals surface area contributed by atoms with Gasteiger partial charge in [-0.15, -0.1) is 0 Å². The number of benzene rings is 1. The van der Waals surface area contributed by atoms with E-state index in [1.807, 2.05) is 6.07 Å². The van der Waals surface area contributed by atoms with E-state index in [9.17, 15) is 4.79 Å². The van der Waals surface area contributed by atoms with Crippen LogP contribution in [0.15, 0.2) is 18.2 Å². The molecule has 2 aliphatic rings. The summed E-state index contributed by atoms with van der Waals surface area (Å²) in [5, 5.41) is 3.01. The smallest absolute Gasteiger partial charge is 0.224 e. The van der Waals surface area contributed by atoms with Gasteiger partial charge in [-0.1, -0.05) is 19.9 Å². The number of carbonyl (C=O) groups is 1. The zero-order valence-corrected chi connectivity index (χ0v) is 11.8. The van der Waals surface area contributed by atoms with Gasteiger partial charge in [-0.3, -0.25) is 9.69 Å². The lowest BCUT2D eigenvalue weighted by Gasteiger charge is -2.12. The Labute approximate surface area is 115 Å². The van der Waals surface area contributed by atoms with E-state index in [1.54, 1.807) is 0 Å². The second-order valence-electron chi connectivity index (χ2n) is 6.27. The van der Waals surface area contributed by atoms with Crippen LogP contribution in [0.2, 0.25) is 0 Å². The van der Waals surface area contributed by atoms with Crippen LogP contribution in [0, 0.1) is 5.92 Å². The number of hydrogen-bond donors (Lipinski definition) is 1. The number of fused-ring (bicyclic) bond motifs is 1. The lowest BCUT2D eigenvalue weighted by Crippen LogP contribution is -2.18. The third-order valence-electron chi connectivity index (χ3n) is 3.89. The molecule has 1 amide bonds. The van der Waals surface area contributed by atoms with Crippen molar-refractivity contribution in [3.8, 4) is 0 Å². The first-order chi connectivity index (χ1) is 9.11. The molecule has 0 bridgehead atoms. The normalized spacial score (nSPS) is 18.7. The highest BCUT2D eigenvalue weighted by atomic mass is 16.1. The highest BCUT2D eigenvalue weighted by molar-refractivity contribution is 5.90. The van der Waals surface area contributed by atoms with Gasteiger partial charge in [0, 0.05) is 31.2 Å². The topological polar surface area (TPSA) is 32.3 Å². The molecule has 102 valence electrons. The molecular weight excluding hydrogens is 236 g/mol. The predicted octanol–water partition coefficient (Wildman–Crippen LogP) is 3.15. The Morgan fingerprint density at radius 3 is 2.74 bits per heavy atom. The molecule has 1 fully saturated rings. The highest BCUT2D eigenvalue weighted by Gasteiger charge is 2.32. The molecule has 0 aromatic heterocycles. The van der Waals surface area contributed by atoms with E-state index in [0.29, 0.717) is 12.3 Å². The molecule has 3 nitrogen and oxygen atoms in total. The van der Waals surface area contributed by atoms with Crippen molar-refractivity contribution in [2.24, 2.45) is 5.92 Å². The molecule has 1 aromatic rings. The van der Waals surface area contributed by atoms with E-state index in [1.165, 1.54) is 24.0 Å². The fraction of sp³-hybridized carbons (Fsp3) is 0.562. The Bertz CT molecular complexity index is 492. The molecule has 1 N–H and O–H groups in total. The van der Waals surface area contributed by atoms with Crippen molar-refractivity contribution in [3.63, 3.8) is 0 Å². The molecule has 1 saturated carbocycles. The van der Waals surface area contributed by atoms with Gasteiger partial charge < -0.3 is 5.32 Å². The molecule has 0 spiro atoms. The minimum Gasteiger partial charge on any atom is -0.326 e. The van der Waals surface area contributed by atoms with E-state index in [2.05, 4.69) is 36.2 Å². The Morgan fingerprint density at radius 2 is 2.05 bits per heavy atom. The van der Waals surface area contributed by atoms with Crippen molar-refractivity contribution in [1.29, 1.82) is 0 Å². The molecule has 19 heavy (non-hydrogen) atoms. The zero-order valence-electron chi connectivity index (χ0n) is 11.8. The van der Waals surface area contributed by atoms with Crippen molar-refractivity contribution in [2.45, 2.75) is 52.2 Å². The SMILES string of the molecule is CC(C)CC(=O)Nc1ccc2c(c1)CN(C1CC1)C2. The van der Waals surface area contributed by atoms with Crippen LogP contribution in [-0.4, -0.2) is 16.8 Å². The molecular formula is C16H22N2O. The van der Waals surface area contributed by atoms with E-state index >= 15 is 0 Å². The summed E-state index contributed by atoms with van der Waals surface area (Å²) in [6.07, 6.45) is 3.29. The standard InChI is InChI=1S/C16H22N2O/c1-11(2)7-16(19)17-14-4-3-12-9-18(15-5-6-15)10-13(12)8-14/h3-4,8,11,15H,5-7,9-10H2,1-2H3,(H,17,19). The van der Waals surface area contributed by atoms with Gasteiger partial charge in [0.15, 0.2) is 0 Å². The number of nitrogens with zero attached hydrogens (tertiary/aromatic N) is 1. The van der Waals surface area contributed by atoms with Gasteiger partial charge in [0.2, 0.25) is 5.91 Å². The Hall–Kier alpha value is -1.35. The average Bonchev–Trinajstić information content (AvgIpc) is 3.08. The Balaban J connectivity index is 1.66. The first kappa shape index (κ1) is 12.7. The van der Waals surface area contributed by atoms with Crippen LogP contribution in [0.25, 0.3) is 0 Å². The highest BCUT2D eigenvalue weighted by Crippen LogP contribution is 2.35. The third-order valence-corrected chi connectivity index (χ3v) is 3.89. The van der Waals surface area contributed by atoms with Crippen molar-refractivity contribution in [2.75, 3.05) is 5.32 Å². The number of hydrogen-bond acceptors (Lipinski definition) is 2. The summed E-state index contributed by atoms with van der Waals surface area (Å²) in [5.41, 5.74) is 3.75. The summed E-state index contributed by atoms with van der Waals surface area (Å²) in [5.74, 6) is 0.520.